The summed E-state index contributed by atoms with van der Waals surface area (Å²) in [6, 6.07) is 14.3. The molecule has 0 radical (unpaired) electrons. The van der Waals surface area contributed by atoms with E-state index in [1.54, 1.807) is 6.20 Å². The van der Waals surface area contributed by atoms with Crippen molar-refractivity contribution in [2.45, 2.75) is 39.2 Å². The van der Waals surface area contributed by atoms with Crippen molar-refractivity contribution in [2.75, 3.05) is 11.9 Å². The van der Waals surface area contributed by atoms with Gasteiger partial charge in [0.15, 0.2) is 6.61 Å². The first-order chi connectivity index (χ1) is 14.8. The van der Waals surface area contributed by atoms with Crippen LogP contribution in [-0.4, -0.2) is 35.4 Å². The number of fused-ring (bicyclic) bond motifs is 1. The number of carbonyl (C=O) groups is 3. The van der Waals surface area contributed by atoms with Gasteiger partial charge in [0.05, 0.1) is 0 Å². The Morgan fingerprint density at radius 1 is 1.03 bits per heavy atom. The van der Waals surface area contributed by atoms with Gasteiger partial charge in [-0.25, -0.2) is 4.79 Å². The smallest absolute Gasteiger partial charge is 0.329 e. The molecule has 1 heterocycles. The number of amides is 2. The van der Waals surface area contributed by atoms with Crippen molar-refractivity contribution in [3.63, 3.8) is 0 Å². The fourth-order valence-electron chi connectivity index (χ4n) is 3.34. The van der Waals surface area contributed by atoms with Gasteiger partial charge in [0.25, 0.3) is 5.91 Å². The number of aromatic amines is 1. The summed E-state index contributed by atoms with van der Waals surface area (Å²) < 4.78 is 5.19. The molecule has 3 aromatic rings. The van der Waals surface area contributed by atoms with E-state index in [9.17, 15) is 14.4 Å². The quantitative estimate of drug-likeness (QED) is 0.485. The molecule has 0 unspecified atom stereocenters. The second-order valence-corrected chi connectivity index (χ2v) is 7.75. The fraction of sp³-hybridized carbons (Fsp3) is 0.292. The summed E-state index contributed by atoms with van der Waals surface area (Å²) in [5, 5.41) is 6.28. The number of carbonyl (C=O) groups excluding carboxylic acids is 3. The lowest BCUT2D eigenvalue weighted by atomic mass is 10.0. The van der Waals surface area contributed by atoms with Gasteiger partial charge in [0.1, 0.15) is 6.04 Å². The Balaban J connectivity index is 1.59. The van der Waals surface area contributed by atoms with Crippen molar-refractivity contribution in [1.29, 1.82) is 0 Å². The van der Waals surface area contributed by atoms with Crippen LogP contribution < -0.4 is 10.6 Å². The molecule has 2 aromatic carbocycles. The van der Waals surface area contributed by atoms with Crippen LogP contribution in [0.2, 0.25) is 0 Å². The van der Waals surface area contributed by atoms with Crippen molar-refractivity contribution in [3.8, 4) is 0 Å². The van der Waals surface area contributed by atoms with E-state index >= 15 is 0 Å². The van der Waals surface area contributed by atoms with E-state index in [4.69, 9.17) is 4.74 Å². The molecule has 7 nitrogen and oxygen atoms in total. The normalized spacial score (nSPS) is 11.9. The monoisotopic (exact) mass is 421 g/mol. The molecule has 0 saturated carbocycles. The lowest BCUT2D eigenvalue weighted by Crippen LogP contribution is -2.43. The number of benzene rings is 2. The summed E-state index contributed by atoms with van der Waals surface area (Å²) >= 11 is 0. The third-order valence-corrected chi connectivity index (χ3v) is 4.97. The van der Waals surface area contributed by atoms with Crippen molar-refractivity contribution >= 4 is 34.4 Å². The predicted molar refractivity (Wildman–Crippen MR) is 120 cm³/mol. The summed E-state index contributed by atoms with van der Waals surface area (Å²) in [6.07, 6.45) is 2.06. The maximum absolute atomic E-state index is 12.6. The number of para-hydroxylation sites is 1. The number of H-pyrrole nitrogens is 1. The van der Waals surface area contributed by atoms with E-state index in [0.717, 1.165) is 16.5 Å². The molecule has 162 valence electrons. The van der Waals surface area contributed by atoms with Crippen LogP contribution in [0, 0.1) is 0 Å². The summed E-state index contributed by atoms with van der Waals surface area (Å²) in [5.41, 5.74) is 3.61. The van der Waals surface area contributed by atoms with Gasteiger partial charge in [0.2, 0.25) is 5.91 Å². The molecular formula is C24H27N3O4. The number of anilines is 1. The van der Waals surface area contributed by atoms with Crippen LogP contribution in [0.4, 0.5) is 5.69 Å². The molecule has 3 N–H and O–H groups in total. The van der Waals surface area contributed by atoms with Gasteiger partial charge >= 0.3 is 5.97 Å². The number of rotatable bonds is 8. The molecule has 0 fully saturated rings. The van der Waals surface area contributed by atoms with Gasteiger partial charge in [-0.05, 0) is 35.2 Å². The second-order valence-electron chi connectivity index (χ2n) is 7.75. The molecule has 31 heavy (non-hydrogen) atoms. The van der Waals surface area contributed by atoms with Gasteiger partial charge in [-0.15, -0.1) is 0 Å². The molecule has 0 saturated heterocycles. The fourth-order valence-corrected chi connectivity index (χ4v) is 3.34. The number of esters is 1. The maximum atomic E-state index is 12.6. The number of hydrogen-bond acceptors (Lipinski definition) is 4. The van der Waals surface area contributed by atoms with E-state index in [0.29, 0.717) is 11.6 Å². The largest absolute Gasteiger partial charge is 0.454 e. The molecule has 0 aliphatic rings. The van der Waals surface area contributed by atoms with Crippen molar-refractivity contribution < 1.29 is 19.1 Å². The van der Waals surface area contributed by atoms with Crippen LogP contribution in [0.5, 0.6) is 0 Å². The topological polar surface area (TPSA) is 100 Å². The lowest BCUT2D eigenvalue weighted by Gasteiger charge is -2.16. The van der Waals surface area contributed by atoms with Crippen LogP contribution in [0.1, 0.15) is 37.8 Å². The molecule has 3 rings (SSSR count). The Morgan fingerprint density at radius 3 is 2.42 bits per heavy atom. The summed E-state index contributed by atoms with van der Waals surface area (Å²) in [7, 11) is 0. The third kappa shape index (κ3) is 5.94. The number of nitrogens with one attached hydrogen (secondary N) is 3. The molecule has 0 aliphatic carbocycles. The summed E-state index contributed by atoms with van der Waals surface area (Å²) in [5.74, 6) is -1.06. The van der Waals surface area contributed by atoms with Gasteiger partial charge in [-0.2, -0.15) is 0 Å². The minimum Gasteiger partial charge on any atom is -0.454 e. The standard InChI is InChI=1S/C24H27N3O4/c1-15(2)17-8-10-19(11-9-17)27-23(29)14-31-24(30)22(26-16(3)28)12-18-13-25-21-7-5-4-6-20(18)21/h4-11,13,15,22,25H,12,14H2,1-3H3,(H,26,28)(H,27,29)/t22-/m0/s1. The van der Waals surface area contributed by atoms with Crippen molar-refractivity contribution in [1.82, 2.24) is 10.3 Å². The highest BCUT2D eigenvalue weighted by molar-refractivity contribution is 5.93. The van der Waals surface area contributed by atoms with E-state index in [1.807, 2.05) is 48.5 Å². The minimum absolute atomic E-state index is 0.251. The highest BCUT2D eigenvalue weighted by Crippen LogP contribution is 2.20. The van der Waals surface area contributed by atoms with Gasteiger partial charge in [-0.3, -0.25) is 9.59 Å². The highest BCUT2D eigenvalue weighted by atomic mass is 16.5. The van der Waals surface area contributed by atoms with Crippen LogP contribution >= 0.6 is 0 Å². The molecule has 0 aliphatic heterocycles. The molecule has 0 spiro atoms. The van der Waals surface area contributed by atoms with E-state index in [2.05, 4.69) is 29.5 Å². The first-order valence-corrected chi connectivity index (χ1v) is 10.2. The summed E-state index contributed by atoms with van der Waals surface area (Å²) in [6.45, 7) is 5.08. The van der Waals surface area contributed by atoms with Gasteiger partial charge in [0, 0.05) is 36.1 Å². The number of ether oxygens (including phenoxy) is 1. The highest BCUT2D eigenvalue weighted by Gasteiger charge is 2.23. The molecular weight excluding hydrogens is 394 g/mol. The lowest BCUT2D eigenvalue weighted by molar-refractivity contribution is -0.150. The zero-order valence-corrected chi connectivity index (χ0v) is 17.9. The average molecular weight is 421 g/mol. The van der Waals surface area contributed by atoms with Crippen molar-refractivity contribution in [2.24, 2.45) is 0 Å². The molecule has 2 amide bonds. The molecule has 1 aromatic heterocycles. The SMILES string of the molecule is CC(=O)N[C@@H](Cc1c[nH]c2ccccc12)C(=O)OCC(=O)Nc1ccc(C(C)C)cc1. The minimum atomic E-state index is -0.894. The first-order valence-electron chi connectivity index (χ1n) is 10.2. The molecule has 7 heteroatoms. The van der Waals surface area contributed by atoms with Gasteiger partial charge < -0.3 is 20.4 Å². The zero-order valence-electron chi connectivity index (χ0n) is 17.9. The Kier molecular flexibility index (Phi) is 7.07. The Morgan fingerprint density at radius 2 is 1.74 bits per heavy atom. The first kappa shape index (κ1) is 22.1. The Bertz CT molecular complexity index is 1070. The number of aromatic nitrogens is 1. The maximum Gasteiger partial charge on any atom is 0.329 e. The van der Waals surface area contributed by atoms with E-state index < -0.39 is 24.5 Å². The number of hydrogen-bond donors (Lipinski definition) is 3. The Labute approximate surface area is 181 Å². The van der Waals surface area contributed by atoms with Crippen molar-refractivity contribution in [3.05, 3.63) is 65.9 Å². The molecule has 0 bridgehead atoms. The van der Waals surface area contributed by atoms with E-state index in [1.165, 1.54) is 12.5 Å². The molecule has 1 atom stereocenters. The second kappa shape index (κ2) is 9.93. The van der Waals surface area contributed by atoms with E-state index in [-0.39, 0.29) is 12.3 Å². The van der Waals surface area contributed by atoms with Crippen LogP contribution in [-0.2, 0) is 25.5 Å². The summed E-state index contributed by atoms with van der Waals surface area (Å²) in [4.78, 5) is 39.5. The van der Waals surface area contributed by atoms with Gasteiger partial charge in [-0.1, -0.05) is 44.2 Å². The van der Waals surface area contributed by atoms with Crippen LogP contribution in [0.25, 0.3) is 10.9 Å². The average Bonchev–Trinajstić information content (AvgIpc) is 3.14. The van der Waals surface area contributed by atoms with Crippen LogP contribution in [0.15, 0.2) is 54.7 Å². The predicted octanol–water partition coefficient (Wildman–Crippen LogP) is 3.52. The van der Waals surface area contributed by atoms with Crippen LogP contribution in [0.3, 0.4) is 0 Å². The zero-order chi connectivity index (χ0) is 22.4. The third-order valence-electron chi connectivity index (χ3n) is 4.97. The Hall–Kier alpha value is -3.61.